The van der Waals surface area contributed by atoms with E-state index in [1.54, 1.807) is 4.90 Å². The molecular formula is C31H34N4O5. The molecule has 9 heteroatoms. The van der Waals surface area contributed by atoms with Gasteiger partial charge in [-0.25, -0.2) is 0 Å². The summed E-state index contributed by atoms with van der Waals surface area (Å²) in [7, 11) is 4.00. The number of nitriles is 1. The minimum atomic E-state index is -0.369. The lowest BCUT2D eigenvalue weighted by Gasteiger charge is -2.20. The van der Waals surface area contributed by atoms with Crippen molar-refractivity contribution in [3.63, 3.8) is 0 Å². The summed E-state index contributed by atoms with van der Waals surface area (Å²) in [6.07, 6.45) is 0.907. The fourth-order valence-electron chi connectivity index (χ4n) is 4.94. The Hall–Kier alpha value is -4.26. The molecule has 9 nitrogen and oxygen atoms in total. The predicted octanol–water partition coefficient (Wildman–Crippen LogP) is 4.14. The summed E-state index contributed by atoms with van der Waals surface area (Å²) >= 11 is 0. The Bertz CT molecular complexity index is 1400. The molecular weight excluding hydrogens is 508 g/mol. The number of nitrogens with one attached hydrogen (secondary N) is 1. The molecule has 1 fully saturated rings. The normalized spacial score (nSPS) is 16.1. The molecule has 3 aromatic carbocycles. The number of aromatic hydroxyl groups is 1. The predicted molar refractivity (Wildman–Crippen MR) is 151 cm³/mol. The largest absolute Gasteiger partial charge is 0.507 e. The second-order valence-electron chi connectivity index (χ2n) is 10.4. The van der Waals surface area contributed by atoms with Crippen LogP contribution in [0.1, 0.15) is 39.0 Å². The third kappa shape index (κ3) is 6.30. The SMILES string of the molecule is CN(C)CCOc1cc2c(c(N[C@H]3CCOC3)c1)CN(C(=O)c1c(O)cc(C#N)cc1OCc1ccccc1)C2. The van der Waals surface area contributed by atoms with Crippen molar-refractivity contribution in [3.05, 3.63) is 82.4 Å². The Kier molecular flexibility index (Phi) is 8.39. The molecule has 40 heavy (non-hydrogen) atoms. The van der Waals surface area contributed by atoms with E-state index in [-0.39, 0.29) is 41.2 Å². The van der Waals surface area contributed by atoms with E-state index in [9.17, 15) is 15.2 Å². The first-order valence-corrected chi connectivity index (χ1v) is 13.4. The fraction of sp³-hybridized carbons (Fsp3) is 0.355. The van der Waals surface area contributed by atoms with Crippen LogP contribution in [0.2, 0.25) is 0 Å². The van der Waals surface area contributed by atoms with Crippen LogP contribution in [0.4, 0.5) is 5.69 Å². The second kappa shape index (κ2) is 12.3. The molecule has 1 saturated heterocycles. The number of nitrogens with zero attached hydrogens (tertiary/aromatic N) is 3. The van der Waals surface area contributed by atoms with Crippen LogP contribution in [0.5, 0.6) is 17.2 Å². The average molecular weight is 543 g/mol. The molecule has 3 aromatic rings. The van der Waals surface area contributed by atoms with Gasteiger partial charge in [-0.2, -0.15) is 5.26 Å². The van der Waals surface area contributed by atoms with Gasteiger partial charge in [0.25, 0.3) is 5.91 Å². The van der Waals surface area contributed by atoms with E-state index in [1.165, 1.54) is 12.1 Å². The maximum absolute atomic E-state index is 13.9. The van der Waals surface area contributed by atoms with Crippen molar-refractivity contribution in [3.8, 4) is 23.3 Å². The van der Waals surface area contributed by atoms with Gasteiger partial charge < -0.3 is 34.4 Å². The quantitative estimate of drug-likeness (QED) is 0.394. The number of likely N-dealkylation sites (N-methyl/N-ethyl adjacent to an activating group) is 1. The number of anilines is 1. The number of phenolic OH excluding ortho intramolecular Hbond substituents is 1. The number of rotatable bonds is 10. The number of benzene rings is 3. The topological polar surface area (TPSA) is 107 Å². The first-order valence-electron chi connectivity index (χ1n) is 13.4. The van der Waals surface area contributed by atoms with E-state index in [0.29, 0.717) is 32.9 Å². The fourth-order valence-corrected chi connectivity index (χ4v) is 4.94. The Balaban J connectivity index is 1.41. The third-order valence-electron chi connectivity index (χ3n) is 7.07. The first-order chi connectivity index (χ1) is 19.4. The van der Waals surface area contributed by atoms with Crippen molar-refractivity contribution in [1.29, 1.82) is 5.26 Å². The van der Waals surface area contributed by atoms with Gasteiger partial charge in [0.05, 0.1) is 24.3 Å². The lowest BCUT2D eigenvalue weighted by molar-refractivity contribution is 0.0743. The molecule has 1 atom stereocenters. The summed E-state index contributed by atoms with van der Waals surface area (Å²) in [5.74, 6) is 0.267. The third-order valence-corrected chi connectivity index (χ3v) is 7.07. The van der Waals surface area contributed by atoms with E-state index in [0.717, 1.165) is 41.1 Å². The highest BCUT2D eigenvalue weighted by Gasteiger charge is 2.32. The molecule has 0 spiro atoms. The molecule has 0 radical (unpaired) electrons. The highest BCUT2D eigenvalue weighted by atomic mass is 16.5. The minimum absolute atomic E-state index is 0.0453. The Morgan fingerprint density at radius 2 is 2.00 bits per heavy atom. The molecule has 2 N–H and O–H groups in total. The van der Waals surface area contributed by atoms with Crippen molar-refractivity contribution in [2.75, 3.05) is 45.8 Å². The van der Waals surface area contributed by atoms with Crippen molar-refractivity contribution >= 4 is 11.6 Å². The van der Waals surface area contributed by atoms with Crippen LogP contribution in [0, 0.1) is 11.3 Å². The van der Waals surface area contributed by atoms with E-state index in [4.69, 9.17) is 14.2 Å². The van der Waals surface area contributed by atoms with Gasteiger partial charge in [0.15, 0.2) is 0 Å². The molecule has 5 rings (SSSR count). The van der Waals surface area contributed by atoms with Gasteiger partial charge in [-0.1, -0.05) is 30.3 Å². The molecule has 2 aliphatic heterocycles. The summed E-state index contributed by atoms with van der Waals surface area (Å²) < 4.78 is 17.6. The molecule has 0 aromatic heterocycles. The van der Waals surface area contributed by atoms with Crippen LogP contribution in [-0.2, 0) is 24.4 Å². The Morgan fingerprint density at radius 1 is 1.18 bits per heavy atom. The van der Waals surface area contributed by atoms with E-state index >= 15 is 0 Å². The van der Waals surface area contributed by atoms with Crippen molar-refractivity contribution < 1.29 is 24.1 Å². The number of carbonyl (C=O) groups excluding carboxylic acids is 1. The standard InChI is InChI=1S/C31H34N4O5/c1-34(2)9-11-39-25-14-23-17-35(18-26(23)27(15-25)33-24-8-10-38-20-24)31(37)30-28(36)12-22(16-32)13-29(30)40-19-21-6-4-3-5-7-21/h3-7,12-15,24,33,36H,8-11,17-20H2,1-2H3/t24-/m0/s1. The van der Waals surface area contributed by atoms with Crippen molar-refractivity contribution in [2.45, 2.75) is 32.2 Å². The molecule has 1 amide bonds. The van der Waals surface area contributed by atoms with Gasteiger partial charge in [-0.15, -0.1) is 0 Å². The van der Waals surface area contributed by atoms with Crippen LogP contribution >= 0.6 is 0 Å². The van der Waals surface area contributed by atoms with Gasteiger partial charge >= 0.3 is 0 Å². The van der Waals surface area contributed by atoms with Crippen LogP contribution < -0.4 is 14.8 Å². The summed E-state index contributed by atoms with van der Waals surface area (Å²) in [4.78, 5) is 17.6. The molecule has 2 heterocycles. The van der Waals surface area contributed by atoms with Crippen molar-refractivity contribution in [1.82, 2.24) is 9.80 Å². The Morgan fingerprint density at radius 3 is 2.73 bits per heavy atom. The van der Waals surface area contributed by atoms with Crippen LogP contribution in [0.15, 0.2) is 54.6 Å². The zero-order valence-corrected chi connectivity index (χ0v) is 22.9. The maximum atomic E-state index is 13.9. The van der Waals surface area contributed by atoms with Crippen LogP contribution in [0.3, 0.4) is 0 Å². The second-order valence-corrected chi connectivity index (χ2v) is 10.4. The number of fused-ring (bicyclic) bond motifs is 1. The summed E-state index contributed by atoms with van der Waals surface area (Å²) in [5, 5.41) is 23.9. The molecule has 0 saturated carbocycles. The zero-order chi connectivity index (χ0) is 28.1. The summed E-state index contributed by atoms with van der Waals surface area (Å²) in [6, 6.07) is 18.5. The number of hydrogen-bond donors (Lipinski definition) is 2. The highest BCUT2D eigenvalue weighted by Crippen LogP contribution is 2.38. The minimum Gasteiger partial charge on any atom is -0.507 e. The smallest absolute Gasteiger partial charge is 0.262 e. The first kappa shape index (κ1) is 27.3. The van der Waals surface area contributed by atoms with Gasteiger partial charge in [-0.3, -0.25) is 4.79 Å². The molecule has 0 bridgehead atoms. The van der Waals surface area contributed by atoms with E-state index < -0.39 is 0 Å². The molecule has 2 aliphatic rings. The summed E-state index contributed by atoms with van der Waals surface area (Å²) in [6.45, 7) is 3.58. The highest BCUT2D eigenvalue weighted by molar-refractivity contribution is 6.00. The van der Waals surface area contributed by atoms with Gasteiger partial charge in [0.1, 0.15) is 36.0 Å². The van der Waals surface area contributed by atoms with Gasteiger partial charge in [-0.05, 0) is 55.4 Å². The van der Waals surface area contributed by atoms with E-state index in [1.807, 2.05) is 62.6 Å². The Labute approximate surface area is 234 Å². The number of phenols is 1. The number of hydrogen-bond acceptors (Lipinski definition) is 8. The number of amides is 1. The lowest BCUT2D eigenvalue weighted by atomic mass is 10.1. The average Bonchev–Trinajstić information content (AvgIpc) is 3.62. The maximum Gasteiger partial charge on any atom is 0.262 e. The molecule has 0 unspecified atom stereocenters. The van der Waals surface area contributed by atoms with E-state index in [2.05, 4.69) is 10.2 Å². The van der Waals surface area contributed by atoms with Crippen molar-refractivity contribution in [2.24, 2.45) is 0 Å². The zero-order valence-electron chi connectivity index (χ0n) is 22.9. The molecule has 0 aliphatic carbocycles. The van der Waals surface area contributed by atoms with Crippen LogP contribution in [-0.4, -0.2) is 67.3 Å². The number of ether oxygens (including phenoxy) is 3. The summed E-state index contributed by atoms with van der Waals surface area (Å²) in [5.41, 5.74) is 4.09. The lowest BCUT2D eigenvalue weighted by Crippen LogP contribution is -2.26. The van der Waals surface area contributed by atoms with Gasteiger partial charge in [0.2, 0.25) is 0 Å². The van der Waals surface area contributed by atoms with Gasteiger partial charge in [0, 0.05) is 38.0 Å². The number of carbonyl (C=O) groups is 1. The van der Waals surface area contributed by atoms with Crippen LogP contribution in [0.25, 0.3) is 0 Å². The monoisotopic (exact) mass is 542 g/mol. The molecule has 208 valence electrons.